The van der Waals surface area contributed by atoms with Crippen molar-refractivity contribution >= 4 is 5.97 Å². The van der Waals surface area contributed by atoms with Crippen LogP contribution in [-0.2, 0) is 11.3 Å². The Morgan fingerprint density at radius 3 is 3.00 bits per heavy atom. The molecule has 3 rings (SSSR count). The minimum absolute atomic E-state index is 0.124. The van der Waals surface area contributed by atoms with Crippen molar-refractivity contribution in [1.29, 1.82) is 0 Å². The van der Waals surface area contributed by atoms with E-state index in [1.54, 1.807) is 0 Å². The smallest absolute Gasteiger partial charge is 0.308 e. The van der Waals surface area contributed by atoms with Crippen LogP contribution in [0, 0.1) is 5.92 Å². The molecule has 0 amide bonds. The van der Waals surface area contributed by atoms with Gasteiger partial charge in [-0.2, -0.15) is 0 Å². The first kappa shape index (κ1) is 8.92. The van der Waals surface area contributed by atoms with Crippen LogP contribution in [0.15, 0.2) is 24.3 Å². The van der Waals surface area contributed by atoms with Crippen molar-refractivity contribution in [1.82, 2.24) is 4.90 Å². The Morgan fingerprint density at radius 2 is 2.20 bits per heavy atom. The second-order valence-corrected chi connectivity index (χ2v) is 4.35. The summed E-state index contributed by atoms with van der Waals surface area (Å²) in [5, 5.41) is 9.16. The number of hydrogen-bond acceptors (Lipinski definition) is 2. The molecule has 1 N–H and O–H groups in total. The summed E-state index contributed by atoms with van der Waals surface area (Å²) in [5.74, 6) is -0.868. The molecule has 0 radical (unpaired) electrons. The molecule has 0 aromatic heterocycles. The Bertz CT molecular complexity index is 416. The fourth-order valence-electron chi connectivity index (χ4n) is 2.89. The number of hydrogen-bond donors (Lipinski definition) is 1. The predicted octanol–water partition coefficient (Wildman–Crippen LogP) is 1.65. The topological polar surface area (TPSA) is 40.5 Å². The Balaban J connectivity index is 2.03. The first-order valence-electron chi connectivity index (χ1n) is 5.32. The molecule has 1 aromatic carbocycles. The molecule has 0 aliphatic carbocycles. The summed E-state index contributed by atoms with van der Waals surface area (Å²) in [4.78, 5) is 13.4. The van der Waals surface area contributed by atoms with Crippen LogP contribution < -0.4 is 0 Å². The average Bonchev–Trinajstić information content (AvgIpc) is 2.74. The largest absolute Gasteiger partial charge is 0.481 e. The molecule has 1 aromatic rings. The molecule has 3 nitrogen and oxygen atoms in total. The highest BCUT2D eigenvalue weighted by molar-refractivity contribution is 5.72. The van der Waals surface area contributed by atoms with E-state index in [0.717, 1.165) is 19.5 Å². The molecular weight excluding hydrogens is 190 g/mol. The molecule has 2 heterocycles. The average molecular weight is 203 g/mol. The highest BCUT2D eigenvalue weighted by Gasteiger charge is 2.43. The van der Waals surface area contributed by atoms with Crippen LogP contribution in [0.2, 0.25) is 0 Å². The number of aliphatic carboxylic acids is 1. The second kappa shape index (κ2) is 3.07. The molecule has 0 saturated carbocycles. The van der Waals surface area contributed by atoms with Crippen molar-refractivity contribution in [2.75, 3.05) is 6.54 Å². The van der Waals surface area contributed by atoms with E-state index < -0.39 is 5.97 Å². The van der Waals surface area contributed by atoms with Crippen molar-refractivity contribution in [3.8, 4) is 0 Å². The number of carboxylic acid groups (broad SMARTS) is 1. The molecule has 2 atom stereocenters. The molecule has 2 unspecified atom stereocenters. The minimum atomic E-state index is -0.654. The third kappa shape index (κ3) is 1.20. The van der Waals surface area contributed by atoms with Gasteiger partial charge in [-0.3, -0.25) is 9.69 Å². The van der Waals surface area contributed by atoms with E-state index in [-0.39, 0.29) is 12.0 Å². The Morgan fingerprint density at radius 1 is 1.40 bits per heavy atom. The van der Waals surface area contributed by atoms with Gasteiger partial charge in [-0.1, -0.05) is 24.3 Å². The highest BCUT2D eigenvalue weighted by Crippen LogP contribution is 2.44. The lowest BCUT2D eigenvalue weighted by molar-refractivity contribution is -0.142. The van der Waals surface area contributed by atoms with Gasteiger partial charge in [0.2, 0.25) is 0 Å². The maximum Gasteiger partial charge on any atom is 0.308 e. The first-order chi connectivity index (χ1) is 7.27. The lowest BCUT2D eigenvalue weighted by Gasteiger charge is -2.18. The maximum atomic E-state index is 11.1. The van der Waals surface area contributed by atoms with Crippen LogP contribution in [-0.4, -0.2) is 22.5 Å². The van der Waals surface area contributed by atoms with Crippen molar-refractivity contribution in [3.63, 3.8) is 0 Å². The van der Waals surface area contributed by atoms with Gasteiger partial charge in [-0.15, -0.1) is 0 Å². The molecular formula is C12H13NO2. The third-order valence-corrected chi connectivity index (χ3v) is 3.57. The molecule has 0 spiro atoms. The first-order valence-corrected chi connectivity index (χ1v) is 5.32. The van der Waals surface area contributed by atoms with E-state index in [1.807, 2.05) is 12.1 Å². The Labute approximate surface area is 88.3 Å². The van der Waals surface area contributed by atoms with Gasteiger partial charge in [-0.25, -0.2) is 0 Å². The zero-order chi connectivity index (χ0) is 10.4. The van der Waals surface area contributed by atoms with Gasteiger partial charge in [0.05, 0.1) is 5.92 Å². The van der Waals surface area contributed by atoms with E-state index >= 15 is 0 Å². The van der Waals surface area contributed by atoms with E-state index in [0.29, 0.717) is 0 Å². The highest BCUT2D eigenvalue weighted by atomic mass is 16.4. The molecule has 1 saturated heterocycles. The van der Waals surface area contributed by atoms with Crippen LogP contribution >= 0.6 is 0 Å². The maximum absolute atomic E-state index is 11.1. The number of rotatable bonds is 1. The van der Waals surface area contributed by atoms with E-state index in [2.05, 4.69) is 17.0 Å². The zero-order valence-electron chi connectivity index (χ0n) is 8.39. The van der Waals surface area contributed by atoms with E-state index in [1.165, 1.54) is 11.1 Å². The molecule has 2 aliphatic rings. The SMILES string of the molecule is O=C(O)C1CCN2Cc3ccccc3C12. The van der Waals surface area contributed by atoms with Gasteiger partial charge in [-0.05, 0) is 17.5 Å². The Kier molecular flexibility index (Phi) is 1.83. The summed E-state index contributed by atoms with van der Waals surface area (Å²) in [5.41, 5.74) is 2.52. The third-order valence-electron chi connectivity index (χ3n) is 3.57. The van der Waals surface area contributed by atoms with Crippen molar-refractivity contribution in [2.45, 2.75) is 19.0 Å². The zero-order valence-corrected chi connectivity index (χ0v) is 8.39. The lowest BCUT2D eigenvalue weighted by atomic mass is 9.93. The van der Waals surface area contributed by atoms with E-state index in [4.69, 9.17) is 5.11 Å². The van der Waals surface area contributed by atoms with Gasteiger partial charge in [0.25, 0.3) is 0 Å². The van der Waals surface area contributed by atoms with Crippen LogP contribution in [0.5, 0.6) is 0 Å². The lowest BCUT2D eigenvalue weighted by Crippen LogP contribution is -2.22. The quantitative estimate of drug-likeness (QED) is 0.754. The molecule has 15 heavy (non-hydrogen) atoms. The number of carboxylic acids is 1. The van der Waals surface area contributed by atoms with Gasteiger partial charge in [0, 0.05) is 19.1 Å². The van der Waals surface area contributed by atoms with Crippen LogP contribution in [0.3, 0.4) is 0 Å². The standard InChI is InChI=1S/C12H13NO2/c14-12(15)10-5-6-13-7-8-3-1-2-4-9(8)11(10)13/h1-4,10-11H,5-7H2,(H,14,15). The fourth-order valence-corrected chi connectivity index (χ4v) is 2.89. The molecule has 2 aliphatic heterocycles. The summed E-state index contributed by atoms with van der Waals surface area (Å²) in [7, 11) is 0. The second-order valence-electron chi connectivity index (χ2n) is 4.35. The number of fused-ring (bicyclic) bond motifs is 3. The van der Waals surface area contributed by atoms with Crippen molar-refractivity contribution in [3.05, 3.63) is 35.4 Å². The minimum Gasteiger partial charge on any atom is -0.481 e. The van der Waals surface area contributed by atoms with Crippen LogP contribution in [0.1, 0.15) is 23.6 Å². The van der Waals surface area contributed by atoms with Crippen LogP contribution in [0.4, 0.5) is 0 Å². The van der Waals surface area contributed by atoms with Crippen LogP contribution in [0.25, 0.3) is 0 Å². The van der Waals surface area contributed by atoms with Gasteiger partial charge < -0.3 is 5.11 Å². The van der Waals surface area contributed by atoms with Gasteiger partial charge in [0.15, 0.2) is 0 Å². The normalized spacial score (nSPS) is 28.8. The summed E-state index contributed by atoms with van der Waals surface area (Å²) in [6.45, 7) is 1.83. The number of carbonyl (C=O) groups is 1. The molecule has 3 heteroatoms. The fraction of sp³-hybridized carbons (Fsp3) is 0.417. The predicted molar refractivity (Wildman–Crippen MR) is 55.3 cm³/mol. The monoisotopic (exact) mass is 203 g/mol. The van der Waals surface area contributed by atoms with Gasteiger partial charge >= 0.3 is 5.97 Å². The summed E-state index contributed by atoms with van der Waals surface area (Å²) in [6, 6.07) is 8.32. The van der Waals surface area contributed by atoms with E-state index in [9.17, 15) is 4.79 Å². The number of nitrogens with zero attached hydrogens (tertiary/aromatic N) is 1. The summed E-state index contributed by atoms with van der Waals surface area (Å²) < 4.78 is 0. The molecule has 0 bridgehead atoms. The molecule has 1 fully saturated rings. The van der Waals surface area contributed by atoms with Gasteiger partial charge in [0.1, 0.15) is 0 Å². The van der Waals surface area contributed by atoms with Crippen molar-refractivity contribution < 1.29 is 9.90 Å². The number of benzene rings is 1. The van der Waals surface area contributed by atoms with Crippen molar-refractivity contribution in [2.24, 2.45) is 5.92 Å². The molecule has 78 valence electrons. The Hall–Kier alpha value is -1.35. The summed E-state index contributed by atoms with van der Waals surface area (Å²) in [6.07, 6.45) is 0.786. The summed E-state index contributed by atoms with van der Waals surface area (Å²) >= 11 is 0.